The van der Waals surface area contributed by atoms with E-state index in [0.717, 1.165) is 18.8 Å². The maximum absolute atomic E-state index is 11.6. The summed E-state index contributed by atoms with van der Waals surface area (Å²) in [7, 11) is 0. The van der Waals surface area contributed by atoms with Crippen LogP contribution in [0.15, 0.2) is 33.5 Å². The Kier molecular flexibility index (Phi) is 3.69. The Bertz CT molecular complexity index is 669. The average molecular weight is 259 g/mol. The molecule has 1 aromatic heterocycles. The highest BCUT2D eigenvalue weighted by Crippen LogP contribution is 2.23. The molecule has 1 aromatic carbocycles. The standard InChI is InChI=1S/C15H17NO3/c1-4-16(5-2)11-6-7-12-13(10(3)17)9-15(18)19-14(12)8-11/h6-9H,4-5H2,1-3H3. The Hall–Kier alpha value is -2.10. The fourth-order valence-corrected chi connectivity index (χ4v) is 2.23. The average Bonchev–Trinajstić information content (AvgIpc) is 2.38. The Labute approximate surface area is 111 Å². The Morgan fingerprint density at radius 1 is 1.21 bits per heavy atom. The number of rotatable bonds is 4. The second-order valence-electron chi connectivity index (χ2n) is 4.39. The van der Waals surface area contributed by atoms with Gasteiger partial charge < -0.3 is 9.32 Å². The van der Waals surface area contributed by atoms with Crippen molar-refractivity contribution < 1.29 is 9.21 Å². The third-order valence-electron chi connectivity index (χ3n) is 3.24. The van der Waals surface area contributed by atoms with Crippen molar-refractivity contribution in [2.75, 3.05) is 18.0 Å². The Morgan fingerprint density at radius 3 is 2.47 bits per heavy atom. The lowest BCUT2D eigenvalue weighted by atomic mass is 10.1. The number of Topliss-reactive ketones (excluding diaryl/α,β-unsaturated/α-hetero) is 1. The van der Waals surface area contributed by atoms with Crippen molar-refractivity contribution in [1.29, 1.82) is 0 Å². The molecule has 0 aliphatic rings. The van der Waals surface area contributed by atoms with Crippen LogP contribution in [0.25, 0.3) is 11.0 Å². The molecular formula is C15H17NO3. The molecule has 0 atom stereocenters. The normalized spacial score (nSPS) is 10.7. The van der Waals surface area contributed by atoms with Crippen LogP contribution in [0.3, 0.4) is 0 Å². The van der Waals surface area contributed by atoms with E-state index in [4.69, 9.17) is 4.42 Å². The number of hydrogen-bond acceptors (Lipinski definition) is 4. The number of benzene rings is 1. The molecule has 0 radical (unpaired) electrons. The fourth-order valence-electron chi connectivity index (χ4n) is 2.23. The van der Waals surface area contributed by atoms with Gasteiger partial charge in [-0.1, -0.05) is 0 Å². The molecule has 0 aliphatic carbocycles. The van der Waals surface area contributed by atoms with E-state index in [2.05, 4.69) is 18.7 Å². The number of nitrogens with zero attached hydrogens (tertiary/aromatic N) is 1. The van der Waals surface area contributed by atoms with Gasteiger partial charge in [0.2, 0.25) is 0 Å². The maximum atomic E-state index is 11.6. The minimum atomic E-state index is -0.491. The molecule has 0 fully saturated rings. The van der Waals surface area contributed by atoms with Crippen LogP contribution in [0.4, 0.5) is 5.69 Å². The molecule has 0 saturated heterocycles. The van der Waals surface area contributed by atoms with Crippen LogP contribution in [0.2, 0.25) is 0 Å². The molecule has 0 saturated carbocycles. The van der Waals surface area contributed by atoms with Gasteiger partial charge in [-0.25, -0.2) is 4.79 Å². The van der Waals surface area contributed by atoms with Gasteiger partial charge in [-0.05, 0) is 32.9 Å². The van der Waals surface area contributed by atoms with Crippen molar-refractivity contribution in [3.8, 4) is 0 Å². The van der Waals surface area contributed by atoms with E-state index >= 15 is 0 Å². The van der Waals surface area contributed by atoms with Crippen molar-refractivity contribution in [2.45, 2.75) is 20.8 Å². The SMILES string of the molecule is CCN(CC)c1ccc2c(C(C)=O)cc(=O)oc2c1. The van der Waals surface area contributed by atoms with Gasteiger partial charge >= 0.3 is 5.63 Å². The molecule has 2 aromatic rings. The first-order valence-electron chi connectivity index (χ1n) is 6.40. The van der Waals surface area contributed by atoms with Crippen LogP contribution >= 0.6 is 0 Å². The number of carbonyl (C=O) groups is 1. The lowest BCUT2D eigenvalue weighted by molar-refractivity contribution is 0.101. The minimum Gasteiger partial charge on any atom is -0.423 e. The molecule has 0 aliphatic heterocycles. The number of anilines is 1. The van der Waals surface area contributed by atoms with E-state index in [9.17, 15) is 9.59 Å². The van der Waals surface area contributed by atoms with Crippen LogP contribution < -0.4 is 10.5 Å². The fraction of sp³-hybridized carbons (Fsp3) is 0.333. The molecule has 1 heterocycles. The first kappa shape index (κ1) is 13.3. The lowest BCUT2D eigenvalue weighted by Crippen LogP contribution is -2.21. The van der Waals surface area contributed by atoms with Gasteiger partial charge in [0, 0.05) is 41.9 Å². The summed E-state index contributed by atoms with van der Waals surface area (Å²) in [6.07, 6.45) is 0. The molecule has 4 heteroatoms. The maximum Gasteiger partial charge on any atom is 0.336 e. The van der Waals surface area contributed by atoms with E-state index < -0.39 is 5.63 Å². The van der Waals surface area contributed by atoms with Crippen LogP contribution in [0.5, 0.6) is 0 Å². The summed E-state index contributed by atoms with van der Waals surface area (Å²) in [5.41, 5.74) is 1.37. The van der Waals surface area contributed by atoms with Gasteiger partial charge in [-0.15, -0.1) is 0 Å². The second kappa shape index (κ2) is 5.26. The van der Waals surface area contributed by atoms with Gasteiger partial charge in [0.05, 0.1) is 0 Å². The summed E-state index contributed by atoms with van der Waals surface area (Å²) >= 11 is 0. The lowest BCUT2D eigenvalue weighted by Gasteiger charge is -2.21. The number of carbonyl (C=O) groups excluding carboxylic acids is 1. The van der Waals surface area contributed by atoms with Crippen LogP contribution in [-0.4, -0.2) is 18.9 Å². The molecule has 0 N–H and O–H groups in total. The predicted octanol–water partition coefficient (Wildman–Crippen LogP) is 2.84. The van der Waals surface area contributed by atoms with Gasteiger partial charge in [0.25, 0.3) is 0 Å². The van der Waals surface area contributed by atoms with E-state index in [1.54, 1.807) is 0 Å². The monoisotopic (exact) mass is 259 g/mol. The van der Waals surface area contributed by atoms with Crippen molar-refractivity contribution >= 4 is 22.4 Å². The summed E-state index contributed by atoms with van der Waals surface area (Å²) < 4.78 is 5.20. The molecule has 100 valence electrons. The Morgan fingerprint density at radius 2 is 1.89 bits per heavy atom. The Balaban J connectivity index is 2.67. The zero-order valence-corrected chi connectivity index (χ0v) is 11.4. The van der Waals surface area contributed by atoms with Crippen molar-refractivity contribution in [1.82, 2.24) is 0 Å². The molecule has 0 unspecified atom stereocenters. The van der Waals surface area contributed by atoms with E-state index in [0.29, 0.717) is 16.5 Å². The first-order chi connectivity index (χ1) is 9.06. The summed E-state index contributed by atoms with van der Waals surface area (Å²) in [5.74, 6) is -0.131. The molecule has 0 spiro atoms. The van der Waals surface area contributed by atoms with Crippen molar-refractivity contribution in [3.63, 3.8) is 0 Å². The van der Waals surface area contributed by atoms with Gasteiger partial charge in [-0.2, -0.15) is 0 Å². The summed E-state index contributed by atoms with van der Waals surface area (Å²) in [6.45, 7) is 7.33. The third-order valence-corrected chi connectivity index (χ3v) is 3.24. The molecule has 19 heavy (non-hydrogen) atoms. The summed E-state index contributed by atoms with van der Waals surface area (Å²) in [5, 5.41) is 0.683. The molecule has 0 bridgehead atoms. The summed E-state index contributed by atoms with van der Waals surface area (Å²) in [4.78, 5) is 25.2. The zero-order chi connectivity index (χ0) is 14.0. The zero-order valence-electron chi connectivity index (χ0n) is 11.4. The third kappa shape index (κ3) is 2.52. The number of ketones is 1. The molecule has 4 nitrogen and oxygen atoms in total. The summed E-state index contributed by atoms with van der Waals surface area (Å²) in [6, 6.07) is 6.85. The van der Waals surface area contributed by atoms with Crippen LogP contribution in [0, 0.1) is 0 Å². The van der Waals surface area contributed by atoms with E-state index in [-0.39, 0.29) is 5.78 Å². The van der Waals surface area contributed by atoms with E-state index in [1.165, 1.54) is 13.0 Å². The number of fused-ring (bicyclic) bond motifs is 1. The highest BCUT2D eigenvalue weighted by Gasteiger charge is 2.11. The number of hydrogen-bond donors (Lipinski definition) is 0. The predicted molar refractivity (Wildman–Crippen MR) is 76.0 cm³/mol. The van der Waals surface area contributed by atoms with Gasteiger partial charge in [0.15, 0.2) is 5.78 Å². The highest BCUT2D eigenvalue weighted by molar-refractivity contribution is 6.05. The quantitative estimate of drug-likeness (QED) is 0.626. The first-order valence-corrected chi connectivity index (χ1v) is 6.40. The van der Waals surface area contributed by atoms with Crippen molar-refractivity contribution in [2.24, 2.45) is 0 Å². The van der Waals surface area contributed by atoms with Crippen LogP contribution in [0.1, 0.15) is 31.1 Å². The smallest absolute Gasteiger partial charge is 0.336 e. The minimum absolute atomic E-state index is 0.131. The van der Waals surface area contributed by atoms with Crippen LogP contribution in [-0.2, 0) is 0 Å². The van der Waals surface area contributed by atoms with Gasteiger partial charge in [-0.3, -0.25) is 4.79 Å². The highest BCUT2D eigenvalue weighted by atomic mass is 16.4. The van der Waals surface area contributed by atoms with Gasteiger partial charge in [0.1, 0.15) is 5.58 Å². The molecule has 0 amide bonds. The topological polar surface area (TPSA) is 50.5 Å². The molecular weight excluding hydrogens is 242 g/mol. The second-order valence-corrected chi connectivity index (χ2v) is 4.39. The largest absolute Gasteiger partial charge is 0.423 e. The van der Waals surface area contributed by atoms with E-state index in [1.807, 2.05) is 18.2 Å². The van der Waals surface area contributed by atoms with Crippen molar-refractivity contribution in [3.05, 3.63) is 40.2 Å². The molecule has 2 rings (SSSR count).